The van der Waals surface area contributed by atoms with Gasteiger partial charge in [0.15, 0.2) is 0 Å². The van der Waals surface area contributed by atoms with E-state index in [1.165, 1.54) is 0 Å². The van der Waals surface area contributed by atoms with Gasteiger partial charge in [0.1, 0.15) is 5.75 Å². The molecule has 0 radical (unpaired) electrons. The number of nitrogens with one attached hydrogen (secondary N) is 1. The molecule has 0 spiro atoms. The first-order valence-electron chi connectivity index (χ1n) is 7.82. The van der Waals surface area contributed by atoms with Crippen molar-refractivity contribution in [2.24, 2.45) is 11.8 Å². The van der Waals surface area contributed by atoms with E-state index in [1.54, 1.807) is 24.3 Å². The average Bonchev–Trinajstić information content (AvgIpc) is 2.51. The van der Waals surface area contributed by atoms with E-state index in [0.717, 1.165) is 16.9 Å². The van der Waals surface area contributed by atoms with Crippen LogP contribution in [0.15, 0.2) is 35.4 Å². The van der Waals surface area contributed by atoms with Crippen LogP contribution >= 0.6 is 0 Å². The lowest BCUT2D eigenvalue weighted by atomic mass is 9.76. The van der Waals surface area contributed by atoms with E-state index in [0.29, 0.717) is 25.1 Å². The molecule has 124 valence electrons. The fraction of sp³-hybridized carbons (Fsp3) is 0.444. The number of carbonyl (C=O) groups excluding carboxylic acids is 2. The van der Waals surface area contributed by atoms with E-state index in [-0.39, 0.29) is 5.91 Å². The van der Waals surface area contributed by atoms with Gasteiger partial charge < -0.3 is 20.0 Å². The lowest BCUT2D eigenvalue weighted by Crippen LogP contribution is -2.42. The summed E-state index contributed by atoms with van der Waals surface area (Å²) in [5, 5.41) is 14.2. The zero-order valence-corrected chi connectivity index (χ0v) is 13.7. The summed E-state index contributed by atoms with van der Waals surface area (Å²) in [6.07, 6.45) is 0.822. The number of carboxylic acids is 1. The zero-order chi connectivity index (χ0) is 17.0. The fourth-order valence-corrected chi connectivity index (χ4v) is 2.85. The van der Waals surface area contributed by atoms with Crippen molar-refractivity contribution < 1.29 is 19.4 Å². The molecular weight excluding hydrogens is 294 g/mol. The molecule has 0 bridgehead atoms. The maximum atomic E-state index is 12.5. The molecule has 2 rings (SSSR count). The number of amides is 1. The molecule has 1 aliphatic rings. The molecule has 5 nitrogen and oxygen atoms in total. The van der Waals surface area contributed by atoms with Crippen LogP contribution in [0.5, 0.6) is 5.75 Å². The molecule has 1 aromatic rings. The van der Waals surface area contributed by atoms with Gasteiger partial charge in [-0.2, -0.15) is 0 Å². The molecule has 23 heavy (non-hydrogen) atoms. The third-order valence-corrected chi connectivity index (χ3v) is 4.34. The van der Waals surface area contributed by atoms with Gasteiger partial charge in [-0.1, -0.05) is 11.1 Å². The maximum absolute atomic E-state index is 12.5. The molecular formula is C18H22NO4-. The maximum Gasteiger partial charge on any atom is 0.228 e. The number of hydrogen-bond acceptors (Lipinski definition) is 4. The monoisotopic (exact) mass is 316 g/mol. The van der Waals surface area contributed by atoms with Gasteiger partial charge in [-0.3, -0.25) is 4.79 Å². The first kappa shape index (κ1) is 17.1. The van der Waals surface area contributed by atoms with Crippen LogP contribution in [0.25, 0.3) is 0 Å². The number of carboxylic acid groups (broad SMARTS) is 1. The summed E-state index contributed by atoms with van der Waals surface area (Å²) in [6, 6.07) is 7.03. The Bertz CT molecular complexity index is 618. The van der Waals surface area contributed by atoms with E-state index in [9.17, 15) is 14.7 Å². The van der Waals surface area contributed by atoms with Gasteiger partial charge in [0.05, 0.1) is 12.5 Å². The highest BCUT2D eigenvalue weighted by Gasteiger charge is 2.33. The number of benzene rings is 1. The van der Waals surface area contributed by atoms with Crippen molar-refractivity contribution in [1.82, 2.24) is 0 Å². The molecule has 0 saturated carbocycles. The normalized spacial score (nSPS) is 21.0. The van der Waals surface area contributed by atoms with Crippen LogP contribution in [0.2, 0.25) is 0 Å². The number of allylic oxidation sites excluding steroid dienone is 2. The van der Waals surface area contributed by atoms with Gasteiger partial charge in [-0.15, -0.1) is 0 Å². The van der Waals surface area contributed by atoms with Crippen molar-refractivity contribution >= 4 is 17.6 Å². The van der Waals surface area contributed by atoms with Crippen LogP contribution in [-0.4, -0.2) is 18.5 Å². The van der Waals surface area contributed by atoms with Crippen LogP contribution in [0.1, 0.15) is 33.6 Å². The first-order valence-corrected chi connectivity index (χ1v) is 7.82. The molecule has 1 amide bonds. The van der Waals surface area contributed by atoms with Gasteiger partial charge in [0.2, 0.25) is 5.91 Å². The molecule has 0 heterocycles. The largest absolute Gasteiger partial charge is 0.550 e. The van der Waals surface area contributed by atoms with E-state index < -0.39 is 17.8 Å². The third-order valence-electron chi connectivity index (χ3n) is 4.34. The van der Waals surface area contributed by atoms with Crippen LogP contribution in [0.3, 0.4) is 0 Å². The van der Waals surface area contributed by atoms with Gasteiger partial charge in [0.25, 0.3) is 0 Å². The molecule has 1 aromatic carbocycles. The number of carbonyl (C=O) groups is 2. The van der Waals surface area contributed by atoms with Crippen LogP contribution in [-0.2, 0) is 9.59 Å². The Hall–Kier alpha value is -2.30. The van der Waals surface area contributed by atoms with E-state index in [2.05, 4.69) is 5.32 Å². The lowest BCUT2D eigenvalue weighted by molar-refractivity contribution is -0.313. The Morgan fingerprint density at radius 3 is 2.22 bits per heavy atom. The second-order valence-corrected chi connectivity index (χ2v) is 5.95. The van der Waals surface area contributed by atoms with Crippen molar-refractivity contribution in [3.63, 3.8) is 0 Å². The summed E-state index contributed by atoms with van der Waals surface area (Å²) >= 11 is 0. The van der Waals surface area contributed by atoms with Crippen molar-refractivity contribution in [2.45, 2.75) is 33.6 Å². The third kappa shape index (κ3) is 4.12. The molecule has 1 aliphatic carbocycles. The molecule has 5 heteroatoms. The molecule has 0 aromatic heterocycles. The van der Waals surface area contributed by atoms with Crippen molar-refractivity contribution in [3.05, 3.63) is 35.4 Å². The molecule has 2 atom stereocenters. The minimum atomic E-state index is -1.16. The van der Waals surface area contributed by atoms with Crippen molar-refractivity contribution in [3.8, 4) is 5.75 Å². The van der Waals surface area contributed by atoms with E-state index in [4.69, 9.17) is 4.74 Å². The standard InChI is InChI=1S/C18H23NO4/c1-4-23-14-7-5-13(6-8-14)19-17(20)15-9-11(2)12(3)10-16(15)18(21)22/h5-8,15-16H,4,9-10H2,1-3H3,(H,19,20)(H,21,22)/p-1. The van der Waals surface area contributed by atoms with Gasteiger partial charge in [0, 0.05) is 17.6 Å². The predicted molar refractivity (Wildman–Crippen MR) is 85.8 cm³/mol. The number of aliphatic carboxylic acids is 1. The van der Waals surface area contributed by atoms with Crippen molar-refractivity contribution in [2.75, 3.05) is 11.9 Å². The lowest BCUT2D eigenvalue weighted by Gasteiger charge is -2.32. The molecule has 0 saturated heterocycles. The Labute approximate surface area is 136 Å². The highest BCUT2D eigenvalue weighted by molar-refractivity contribution is 5.95. The Kier molecular flexibility index (Phi) is 5.42. The first-order chi connectivity index (χ1) is 10.9. The van der Waals surface area contributed by atoms with Crippen LogP contribution in [0.4, 0.5) is 5.69 Å². The Balaban J connectivity index is 2.10. The highest BCUT2D eigenvalue weighted by atomic mass is 16.5. The summed E-state index contributed by atoms with van der Waals surface area (Å²) in [7, 11) is 0. The number of rotatable bonds is 5. The summed E-state index contributed by atoms with van der Waals surface area (Å²) in [5.74, 6) is -2.10. The minimum absolute atomic E-state index is 0.282. The molecule has 0 aliphatic heterocycles. The second kappa shape index (κ2) is 7.31. The Morgan fingerprint density at radius 2 is 1.70 bits per heavy atom. The van der Waals surface area contributed by atoms with Gasteiger partial charge in [-0.05, 0) is 57.9 Å². The molecule has 1 N–H and O–H groups in total. The van der Waals surface area contributed by atoms with Crippen LogP contribution < -0.4 is 15.2 Å². The summed E-state index contributed by atoms with van der Waals surface area (Å²) in [4.78, 5) is 23.8. The fourth-order valence-electron chi connectivity index (χ4n) is 2.85. The number of ether oxygens (including phenoxy) is 1. The molecule has 2 unspecified atom stereocenters. The minimum Gasteiger partial charge on any atom is -0.550 e. The molecule has 0 fully saturated rings. The van der Waals surface area contributed by atoms with E-state index >= 15 is 0 Å². The summed E-state index contributed by atoms with van der Waals surface area (Å²) < 4.78 is 5.35. The van der Waals surface area contributed by atoms with Gasteiger partial charge in [-0.25, -0.2) is 0 Å². The quantitative estimate of drug-likeness (QED) is 0.844. The highest BCUT2D eigenvalue weighted by Crippen LogP contribution is 2.34. The van der Waals surface area contributed by atoms with Crippen LogP contribution in [0, 0.1) is 11.8 Å². The number of anilines is 1. The smallest absolute Gasteiger partial charge is 0.228 e. The van der Waals surface area contributed by atoms with Crippen molar-refractivity contribution in [1.29, 1.82) is 0 Å². The second-order valence-electron chi connectivity index (χ2n) is 5.95. The Morgan fingerprint density at radius 1 is 1.13 bits per heavy atom. The van der Waals surface area contributed by atoms with E-state index in [1.807, 2.05) is 20.8 Å². The predicted octanol–water partition coefficient (Wildman–Crippen LogP) is 2.14. The summed E-state index contributed by atoms with van der Waals surface area (Å²) in [5.41, 5.74) is 2.73. The number of hydrogen-bond donors (Lipinski definition) is 1. The topological polar surface area (TPSA) is 78.5 Å². The SMILES string of the molecule is CCOc1ccc(NC(=O)C2CC(C)=C(C)CC2C(=O)[O-])cc1. The van der Waals surface area contributed by atoms with Gasteiger partial charge >= 0.3 is 0 Å². The average molecular weight is 316 g/mol. The zero-order valence-electron chi connectivity index (χ0n) is 13.7. The summed E-state index contributed by atoms with van der Waals surface area (Å²) in [6.45, 7) is 6.33.